The second kappa shape index (κ2) is 5.97. The zero-order chi connectivity index (χ0) is 15.5. The van der Waals surface area contributed by atoms with Crippen LogP contribution in [-0.4, -0.2) is 22.9 Å². The summed E-state index contributed by atoms with van der Waals surface area (Å²) in [6, 6.07) is 9.91. The molecule has 0 saturated heterocycles. The average molecular weight is 300 g/mol. The molecule has 0 amide bonds. The molecular formula is C15H16N4O3. The summed E-state index contributed by atoms with van der Waals surface area (Å²) < 4.78 is 6.74. The van der Waals surface area contributed by atoms with Gasteiger partial charge in [-0.15, -0.1) is 5.10 Å². The lowest BCUT2D eigenvalue weighted by Gasteiger charge is -2.31. The standard InChI is InChI=1S/C15H16N4O3/c1-18-15(20)12(9-16-21)13-14(17-18)22-8-7-19(13)10-11-5-3-2-4-6-11/h2-6H,7-10H2,1H3. The molecule has 2 aromatic rings. The molecule has 1 aromatic carbocycles. The van der Waals surface area contributed by atoms with Crippen molar-refractivity contribution in [2.75, 3.05) is 18.1 Å². The molecule has 0 aliphatic carbocycles. The maximum Gasteiger partial charge on any atom is 0.274 e. The van der Waals surface area contributed by atoms with E-state index < -0.39 is 0 Å². The first-order valence-electron chi connectivity index (χ1n) is 7.01. The zero-order valence-corrected chi connectivity index (χ0v) is 12.2. The van der Waals surface area contributed by atoms with E-state index >= 15 is 0 Å². The molecule has 7 nitrogen and oxygen atoms in total. The van der Waals surface area contributed by atoms with E-state index in [2.05, 4.69) is 10.3 Å². The van der Waals surface area contributed by atoms with E-state index in [1.807, 2.05) is 35.2 Å². The van der Waals surface area contributed by atoms with Crippen LogP contribution in [0, 0.1) is 4.91 Å². The predicted molar refractivity (Wildman–Crippen MR) is 82.0 cm³/mol. The van der Waals surface area contributed by atoms with Crippen molar-refractivity contribution in [1.82, 2.24) is 9.78 Å². The average Bonchev–Trinajstić information content (AvgIpc) is 2.53. The van der Waals surface area contributed by atoms with Crippen LogP contribution in [0.25, 0.3) is 0 Å². The van der Waals surface area contributed by atoms with E-state index in [1.165, 1.54) is 11.7 Å². The van der Waals surface area contributed by atoms with Gasteiger partial charge in [0.1, 0.15) is 18.8 Å². The summed E-state index contributed by atoms with van der Waals surface area (Å²) in [5.74, 6) is 0.378. The first kappa shape index (κ1) is 14.2. The SMILES string of the molecule is Cn1nc2c(c(CN=O)c1=O)N(Cc1ccccc1)CCO2. The molecule has 0 fully saturated rings. The Hall–Kier alpha value is -2.70. The third kappa shape index (κ3) is 2.57. The molecule has 0 radical (unpaired) electrons. The first-order valence-corrected chi connectivity index (χ1v) is 7.01. The van der Waals surface area contributed by atoms with E-state index in [1.54, 1.807) is 0 Å². The van der Waals surface area contributed by atoms with Gasteiger partial charge in [0.15, 0.2) is 0 Å². The van der Waals surface area contributed by atoms with Crippen LogP contribution in [0.1, 0.15) is 11.1 Å². The van der Waals surface area contributed by atoms with Gasteiger partial charge in [-0.25, -0.2) is 4.68 Å². The third-order valence-corrected chi connectivity index (χ3v) is 3.64. The summed E-state index contributed by atoms with van der Waals surface area (Å²) in [4.78, 5) is 25.0. The van der Waals surface area contributed by atoms with E-state index in [-0.39, 0.29) is 12.1 Å². The van der Waals surface area contributed by atoms with Crippen molar-refractivity contribution >= 4 is 5.69 Å². The minimum absolute atomic E-state index is 0.188. The molecule has 0 bridgehead atoms. The summed E-state index contributed by atoms with van der Waals surface area (Å²) in [7, 11) is 1.54. The summed E-state index contributed by atoms with van der Waals surface area (Å²) >= 11 is 0. The lowest BCUT2D eigenvalue weighted by molar-refractivity contribution is 0.284. The van der Waals surface area contributed by atoms with Gasteiger partial charge < -0.3 is 9.64 Å². The van der Waals surface area contributed by atoms with Crippen LogP contribution >= 0.6 is 0 Å². The highest BCUT2D eigenvalue weighted by molar-refractivity contribution is 5.61. The molecule has 3 rings (SSSR count). The summed E-state index contributed by atoms with van der Waals surface area (Å²) in [6.07, 6.45) is 0. The van der Waals surface area contributed by atoms with Crippen molar-refractivity contribution in [3.63, 3.8) is 0 Å². The van der Waals surface area contributed by atoms with Gasteiger partial charge >= 0.3 is 0 Å². The van der Waals surface area contributed by atoms with Crippen molar-refractivity contribution < 1.29 is 4.74 Å². The molecule has 2 heterocycles. The molecule has 0 N–H and O–H groups in total. The number of aromatic nitrogens is 2. The molecule has 0 atom stereocenters. The fourth-order valence-electron chi connectivity index (χ4n) is 2.61. The zero-order valence-electron chi connectivity index (χ0n) is 12.2. The quantitative estimate of drug-likeness (QED) is 0.799. The van der Waals surface area contributed by atoms with Crippen molar-refractivity contribution in [2.24, 2.45) is 12.2 Å². The van der Waals surface area contributed by atoms with Crippen LogP contribution in [0.5, 0.6) is 5.88 Å². The Kier molecular flexibility index (Phi) is 3.86. The molecule has 0 saturated carbocycles. The normalized spacial score (nSPS) is 13.4. The Bertz CT molecular complexity index is 742. The largest absolute Gasteiger partial charge is 0.473 e. The molecular weight excluding hydrogens is 284 g/mol. The molecule has 0 unspecified atom stereocenters. The summed E-state index contributed by atoms with van der Waals surface area (Å²) in [5, 5.41) is 7.03. The highest BCUT2D eigenvalue weighted by atomic mass is 16.5. The van der Waals surface area contributed by atoms with Gasteiger partial charge in [0.05, 0.1) is 12.1 Å². The van der Waals surface area contributed by atoms with Crippen molar-refractivity contribution in [1.29, 1.82) is 0 Å². The Labute approximate surface area is 127 Å². The Morgan fingerprint density at radius 2 is 2.09 bits per heavy atom. The number of aryl methyl sites for hydroxylation is 1. The predicted octanol–water partition coefficient (Wildman–Crippen LogP) is 1.45. The van der Waals surface area contributed by atoms with Crippen LogP contribution in [0.4, 0.5) is 5.69 Å². The Balaban J connectivity index is 2.06. The highest BCUT2D eigenvalue weighted by Gasteiger charge is 2.26. The maximum absolute atomic E-state index is 12.2. The number of nitroso groups, excluding NO2 is 1. The fraction of sp³-hybridized carbons (Fsp3) is 0.333. The number of fused-ring (bicyclic) bond motifs is 1. The van der Waals surface area contributed by atoms with Gasteiger partial charge in [-0.2, -0.15) is 4.91 Å². The molecule has 114 valence electrons. The number of nitrogens with zero attached hydrogens (tertiary/aromatic N) is 4. The van der Waals surface area contributed by atoms with Gasteiger partial charge in [-0.1, -0.05) is 35.5 Å². The molecule has 0 spiro atoms. The van der Waals surface area contributed by atoms with Crippen LogP contribution in [0.15, 0.2) is 40.3 Å². The molecule has 1 aliphatic rings. The maximum atomic E-state index is 12.2. The lowest BCUT2D eigenvalue weighted by atomic mass is 10.1. The molecule has 7 heteroatoms. The van der Waals surface area contributed by atoms with Gasteiger partial charge in [-0.3, -0.25) is 4.79 Å². The highest BCUT2D eigenvalue weighted by Crippen LogP contribution is 2.32. The number of hydrogen-bond acceptors (Lipinski definition) is 6. The second-order valence-electron chi connectivity index (χ2n) is 5.10. The van der Waals surface area contributed by atoms with E-state index in [0.29, 0.717) is 36.8 Å². The molecule has 1 aromatic heterocycles. The number of ether oxygens (including phenoxy) is 1. The fourth-order valence-corrected chi connectivity index (χ4v) is 2.61. The minimum atomic E-state index is -0.318. The van der Waals surface area contributed by atoms with Gasteiger partial charge in [-0.05, 0) is 5.56 Å². The van der Waals surface area contributed by atoms with Crippen LogP contribution < -0.4 is 15.2 Å². The smallest absolute Gasteiger partial charge is 0.274 e. The summed E-state index contributed by atoms with van der Waals surface area (Å²) in [5.41, 5.74) is 1.71. The topological polar surface area (TPSA) is 76.8 Å². The van der Waals surface area contributed by atoms with Crippen LogP contribution in [0.2, 0.25) is 0 Å². The molecule has 1 aliphatic heterocycles. The van der Waals surface area contributed by atoms with E-state index in [0.717, 1.165) is 5.56 Å². The van der Waals surface area contributed by atoms with Crippen molar-refractivity contribution in [2.45, 2.75) is 13.1 Å². The monoisotopic (exact) mass is 300 g/mol. The number of benzene rings is 1. The van der Waals surface area contributed by atoms with E-state index in [4.69, 9.17) is 4.74 Å². The van der Waals surface area contributed by atoms with Crippen LogP contribution in [-0.2, 0) is 20.1 Å². The Morgan fingerprint density at radius 3 is 2.82 bits per heavy atom. The second-order valence-corrected chi connectivity index (χ2v) is 5.10. The van der Waals surface area contributed by atoms with Crippen molar-refractivity contribution in [3.8, 4) is 5.88 Å². The van der Waals surface area contributed by atoms with Crippen LogP contribution in [0.3, 0.4) is 0 Å². The van der Waals surface area contributed by atoms with Gasteiger partial charge in [0.2, 0.25) is 0 Å². The van der Waals surface area contributed by atoms with Crippen molar-refractivity contribution in [3.05, 3.63) is 56.7 Å². The number of anilines is 1. The van der Waals surface area contributed by atoms with Gasteiger partial charge in [0, 0.05) is 13.6 Å². The Morgan fingerprint density at radius 1 is 1.32 bits per heavy atom. The lowest BCUT2D eigenvalue weighted by Crippen LogP contribution is -2.37. The number of hydrogen-bond donors (Lipinski definition) is 0. The first-order chi connectivity index (χ1) is 10.7. The van der Waals surface area contributed by atoms with Gasteiger partial charge in [0.25, 0.3) is 11.4 Å². The molecule has 22 heavy (non-hydrogen) atoms. The third-order valence-electron chi connectivity index (χ3n) is 3.64. The minimum Gasteiger partial charge on any atom is -0.473 e. The summed E-state index contributed by atoms with van der Waals surface area (Å²) in [6.45, 7) is 1.55. The number of rotatable bonds is 4. The van der Waals surface area contributed by atoms with E-state index in [9.17, 15) is 9.70 Å².